The van der Waals surface area contributed by atoms with Crippen molar-refractivity contribution < 1.29 is 0 Å². The Bertz CT molecular complexity index is 206. The molecule has 0 aromatic rings. The number of nitrogens with zero attached hydrogens (tertiary/aromatic N) is 3. The van der Waals surface area contributed by atoms with Crippen molar-refractivity contribution in [3.8, 4) is 0 Å². The second-order valence-corrected chi connectivity index (χ2v) is 4.62. The first-order valence-electron chi connectivity index (χ1n) is 5.47. The highest BCUT2D eigenvalue weighted by molar-refractivity contribution is 4.78. The number of azide groups is 1. The van der Waals surface area contributed by atoms with Crippen LogP contribution in [0.15, 0.2) is 5.11 Å². The van der Waals surface area contributed by atoms with Crippen LogP contribution in [0.4, 0.5) is 0 Å². The van der Waals surface area contributed by atoms with Crippen LogP contribution in [-0.2, 0) is 0 Å². The lowest BCUT2D eigenvalue weighted by Crippen LogP contribution is -2.43. The van der Waals surface area contributed by atoms with E-state index in [4.69, 9.17) is 5.53 Å². The fourth-order valence-electron chi connectivity index (χ4n) is 1.25. The fourth-order valence-corrected chi connectivity index (χ4v) is 1.25. The predicted molar refractivity (Wildman–Crippen MR) is 63.9 cm³/mol. The minimum Gasteiger partial charge on any atom is -0.314 e. The van der Waals surface area contributed by atoms with Gasteiger partial charge in [-0.1, -0.05) is 19.0 Å². The maximum absolute atomic E-state index is 8.12. The monoisotopic (exact) mass is 213 g/mol. The summed E-state index contributed by atoms with van der Waals surface area (Å²) in [4.78, 5) is 2.71. The largest absolute Gasteiger partial charge is 0.314 e. The second-order valence-electron chi connectivity index (χ2n) is 4.62. The summed E-state index contributed by atoms with van der Waals surface area (Å²) in [5.74, 6) is 0. The predicted octanol–water partition coefficient (Wildman–Crippen LogP) is 2.05. The zero-order valence-corrected chi connectivity index (χ0v) is 10.2. The zero-order chi connectivity index (χ0) is 11.7. The van der Waals surface area contributed by atoms with Crippen LogP contribution in [0.25, 0.3) is 10.4 Å². The summed E-state index contributed by atoms with van der Waals surface area (Å²) in [6.45, 7) is 10.8. The normalized spacial score (nSPS) is 11.5. The van der Waals surface area contributed by atoms with Crippen LogP contribution in [0.5, 0.6) is 0 Å². The van der Waals surface area contributed by atoms with Crippen LogP contribution >= 0.6 is 0 Å². The number of rotatable bonds is 8. The maximum Gasteiger partial charge on any atom is 0.0383 e. The molecule has 0 aromatic heterocycles. The van der Waals surface area contributed by atoms with Crippen molar-refractivity contribution in [2.24, 2.45) is 5.11 Å². The van der Waals surface area contributed by atoms with E-state index < -0.39 is 0 Å². The van der Waals surface area contributed by atoms with E-state index in [0.29, 0.717) is 12.6 Å². The molecular weight excluding hydrogens is 190 g/mol. The Balaban J connectivity index is 3.61. The molecule has 0 aliphatic rings. The van der Waals surface area contributed by atoms with Gasteiger partial charge in [-0.25, -0.2) is 0 Å². The third-order valence-corrected chi connectivity index (χ3v) is 2.18. The van der Waals surface area contributed by atoms with Gasteiger partial charge >= 0.3 is 0 Å². The summed E-state index contributed by atoms with van der Waals surface area (Å²) in [5, 5.41) is 10.2. The molecule has 0 unspecified atom stereocenters. The molecule has 2 N–H and O–H groups in total. The molecule has 5 nitrogen and oxygen atoms in total. The van der Waals surface area contributed by atoms with Gasteiger partial charge in [-0.15, -0.1) is 0 Å². The molecular formula is C10H23N5. The van der Waals surface area contributed by atoms with Crippen molar-refractivity contribution in [1.82, 2.24) is 10.6 Å². The Labute approximate surface area is 92.3 Å². The summed E-state index contributed by atoms with van der Waals surface area (Å²) >= 11 is 0. The van der Waals surface area contributed by atoms with Crippen molar-refractivity contribution in [2.45, 2.75) is 45.7 Å². The summed E-state index contributed by atoms with van der Waals surface area (Å²) in [7, 11) is 0. The summed E-state index contributed by atoms with van der Waals surface area (Å²) in [6, 6.07) is 0.531. The Morgan fingerprint density at radius 1 is 1.33 bits per heavy atom. The van der Waals surface area contributed by atoms with Crippen LogP contribution in [0.2, 0.25) is 0 Å². The van der Waals surface area contributed by atoms with Gasteiger partial charge in [-0.3, -0.25) is 0 Å². The van der Waals surface area contributed by atoms with Gasteiger partial charge in [0.05, 0.1) is 0 Å². The Morgan fingerprint density at radius 3 is 2.53 bits per heavy atom. The van der Waals surface area contributed by atoms with Crippen LogP contribution in [0.1, 0.15) is 34.1 Å². The number of hydrogen-bond donors (Lipinski definition) is 2. The maximum atomic E-state index is 8.12. The summed E-state index contributed by atoms with van der Waals surface area (Å²) in [5.41, 5.74) is 8.21. The van der Waals surface area contributed by atoms with Crippen molar-refractivity contribution in [1.29, 1.82) is 0 Å². The molecule has 0 aliphatic carbocycles. The van der Waals surface area contributed by atoms with E-state index in [9.17, 15) is 0 Å². The van der Waals surface area contributed by atoms with Crippen molar-refractivity contribution in [2.75, 3.05) is 19.6 Å². The Morgan fingerprint density at radius 2 is 2.00 bits per heavy atom. The van der Waals surface area contributed by atoms with Gasteiger partial charge in [0, 0.05) is 29.6 Å². The van der Waals surface area contributed by atoms with Gasteiger partial charge in [0.25, 0.3) is 0 Å². The van der Waals surface area contributed by atoms with E-state index in [-0.39, 0.29) is 5.54 Å². The molecule has 0 fully saturated rings. The van der Waals surface area contributed by atoms with Crippen molar-refractivity contribution in [3.05, 3.63) is 10.4 Å². The second kappa shape index (κ2) is 7.51. The molecule has 0 radical (unpaired) electrons. The van der Waals surface area contributed by atoms with Gasteiger partial charge in [-0.2, -0.15) is 0 Å². The highest BCUT2D eigenvalue weighted by Gasteiger charge is 2.15. The molecule has 0 aromatic carbocycles. The van der Waals surface area contributed by atoms with E-state index >= 15 is 0 Å². The Kier molecular flexibility index (Phi) is 7.13. The average Bonchev–Trinajstić information content (AvgIpc) is 2.11. The third kappa shape index (κ3) is 9.53. The smallest absolute Gasteiger partial charge is 0.0383 e. The van der Waals surface area contributed by atoms with Gasteiger partial charge in [0.2, 0.25) is 0 Å². The average molecular weight is 213 g/mol. The van der Waals surface area contributed by atoms with Gasteiger partial charge in [0.1, 0.15) is 0 Å². The highest BCUT2D eigenvalue weighted by atomic mass is 15.1. The molecule has 0 rings (SSSR count). The van der Waals surface area contributed by atoms with Gasteiger partial charge in [-0.05, 0) is 32.3 Å². The minimum absolute atomic E-state index is 0.0901. The van der Waals surface area contributed by atoms with Crippen LogP contribution in [0.3, 0.4) is 0 Å². The molecule has 0 heterocycles. The first-order chi connectivity index (χ1) is 6.98. The van der Waals surface area contributed by atoms with E-state index in [0.717, 1.165) is 19.5 Å². The van der Waals surface area contributed by atoms with Crippen molar-refractivity contribution in [3.63, 3.8) is 0 Å². The zero-order valence-electron chi connectivity index (χ0n) is 10.2. The summed E-state index contributed by atoms with van der Waals surface area (Å²) < 4.78 is 0. The Hall–Kier alpha value is -0.770. The van der Waals surface area contributed by atoms with E-state index in [1.807, 2.05) is 0 Å². The topological polar surface area (TPSA) is 72.8 Å². The first-order valence-corrected chi connectivity index (χ1v) is 5.47. The lowest BCUT2D eigenvalue weighted by atomic mass is 10.0. The van der Waals surface area contributed by atoms with Crippen LogP contribution in [-0.4, -0.2) is 31.2 Å². The fraction of sp³-hybridized carbons (Fsp3) is 1.00. The molecule has 0 saturated carbocycles. The van der Waals surface area contributed by atoms with Crippen molar-refractivity contribution >= 4 is 0 Å². The molecule has 0 saturated heterocycles. The minimum atomic E-state index is 0.0901. The molecule has 5 heteroatoms. The van der Waals surface area contributed by atoms with Gasteiger partial charge in [0.15, 0.2) is 0 Å². The molecule has 0 spiro atoms. The lowest BCUT2D eigenvalue weighted by molar-refractivity contribution is 0.354. The molecule has 88 valence electrons. The molecule has 0 aliphatic heterocycles. The standard InChI is InChI=1S/C10H23N5/c1-9(2)12-6-5-10(3,4)13-7-8-14-15-11/h9,12-13H,5-8H2,1-4H3. The number of nitrogens with one attached hydrogen (secondary N) is 2. The molecule has 0 amide bonds. The van der Waals surface area contributed by atoms with E-state index in [2.05, 4.69) is 48.4 Å². The SMILES string of the molecule is CC(C)NCCC(C)(C)NCCN=[N+]=[N-]. The van der Waals surface area contributed by atoms with Gasteiger partial charge < -0.3 is 10.6 Å². The molecule has 0 atom stereocenters. The quantitative estimate of drug-likeness (QED) is 0.280. The molecule has 15 heavy (non-hydrogen) atoms. The van der Waals surface area contributed by atoms with E-state index in [1.165, 1.54) is 0 Å². The first kappa shape index (κ1) is 14.2. The summed E-state index contributed by atoms with van der Waals surface area (Å²) in [6.07, 6.45) is 1.06. The van der Waals surface area contributed by atoms with Crippen LogP contribution in [0, 0.1) is 0 Å². The molecule has 0 bridgehead atoms. The van der Waals surface area contributed by atoms with E-state index in [1.54, 1.807) is 0 Å². The number of hydrogen-bond acceptors (Lipinski definition) is 3. The third-order valence-electron chi connectivity index (χ3n) is 2.18. The van der Waals surface area contributed by atoms with Crippen LogP contribution < -0.4 is 10.6 Å². The lowest BCUT2D eigenvalue weighted by Gasteiger charge is -2.26. The highest BCUT2D eigenvalue weighted by Crippen LogP contribution is 2.06.